The summed E-state index contributed by atoms with van der Waals surface area (Å²) in [7, 11) is -4.48. The average Bonchev–Trinajstić information content (AvgIpc) is 2.27. The molecule has 7 nitrogen and oxygen atoms in total. The first kappa shape index (κ1) is 14.0. The zero-order valence-corrected chi connectivity index (χ0v) is 10.1. The molecule has 18 heavy (non-hydrogen) atoms. The van der Waals surface area contributed by atoms with E-state index < -0.39 is 10.3 Å². The Morgan fingerprint density at radius 1 is 1.39 bits per heavy atom. The van der Waals surface area contributed by atoms with Crippen LogP contribution in [-0.2, 0) is 15.1 Å². The van der Waals surface area contributed by atoms with Crippen molar-refractivity contribution >= 4 is 27.6 Å². The van der Waals surface area contributed by atoms with Crippen molar-refractivity contribution in [3.05, 3.63) is 36.9 Å². The molecule has 1 aromatic carbocycles. The van der Waals surface area contributed by atoms with Crippen molar-refractivity contribution in [1.29, 1.82) is 0 Å². The summed E-state index contributed by atoms with van der Waals surface area (Å²) in [5, 5.41) is 5.88. The third kappa shape index (κ3) is 5.32. The van der Waals surface area contributed by atoms with Crippen molar-refractivity contribution in [3.63, 3.8) is 0 Å². The lowest BCUT2D eigenvalue weighted by molar-refractivity contribution is -0.115. The minimum Gasteiger partial charge on any atom is -0.326 e. The molecule has 0 unspecified atom stereocenters. The van der Waals surface area contributed by atoms with Crippen LogP contribution in [0.25, 0.3) is 0 Å². The van der Waals surface area contributed by atoms with E-state index in [1.54, 1.807) is 0 Å². The fraction of sp³-hybridized carbons (Fsp3) is 0.100. The van der Waals surface area contributed by atoms with E-state index in [4.69, 9.17) is 4.55 Å². The van der Waals surface area contributed by atoms with E-state index in [2.05, 4.69) is 21.5 Å². The van der Waals surface area contributed by atoms with E-state index >= 15 is 0 Å². The van der Waals surface area contributed by atoms with Gasteiger partial charge in [0, 0.05) is 12.1 Å². The summed E-state index contributed by atoms with van der Waals surface area (Å²) >= 11 is 0. The van der Waals surface area contributed by atoms with Crippen LogP contribution in [0.2, 0.25) is 0 Å². The van der Waals surface area contributed by atoms with E-state index in [-0.39, 0.29) is 18.0 Å². The first-order valence-corrected chi connectivity index (χ1v) is 6.21. The molecule has 0 atom stereocenters. The largest absolute Gasteiger partial charge is 0.396 e. The first-order chi connectivity index (χ1) is 8.40. The number of carbonyl (C=O) groups is 1. The van der Waals surface area contributed by atoms with Crippen LogP contribution in [-0.4, -0.2) is 18.9 Å². The molecule has 0 saturated heterocycles. The normalized spacial score (nSPS) is 11.4. The van der Waals surface area contributed by atoms with Crippen molar-refractivity contribution in [2.75, 3.05) is 5.32 Å². The molecule has 0 aliphatic heterocycles. The maximum absolute atomic E-state index is 11.2. The molecule has 96 valence electrons. The Labute approximate surface area is 104 Å². The highest BCUT2D eigenvalue weighted by Gasteiger charge is 2.01. The smallest absolute Gasteiger partial charge is 0.326 e. The predicted octanol–water partition coefficient (Wildman–Crippen LogP) is 2.09. The van der Waals surface area contributed by atoms with Gasteiger partial charge >= 0.3 is 10.3 Å². The number of anilines is 1. The second-order valence-corrected chi connectivity index (χ2v) is 4.28. The third-order valence-electron chi connectivity index (χ3n) is 1.74. The summed E-state index contributed by atoms with van der Waals surface area (Å²) in [4.78, 5) is 11.2. The third-order valence-corrected chi connectivity index (χ3v) is 2.03. The Morgan fingerprint density at radius 2 is 2.00 bits per heavy atom. The number of rotatable bonds is 5. The minimum atomic E-state index is -4.48. The minimum absolute atomic E-state index is 0.199. The molecule has 8 heteroatoms. The summed E-state index contributed by atoms with van der Waals surface area (Å²) < 4.78 is 31.7. The average molecular weight is 269 g/mol. The molecular weight excluding hydrogens is 258 g/mol. The Bertz CT molecular complexity index is 563. The number of hydrogen-bond donors (Lipinski definition) is 2. The van der Waals surface area contributed by atoms with Gasteiger partial charge < -0.3 is 5.32 Å². The van der Waals surface area contributed by atoms with Crippen LogP contribution in [0, 0.1) is 0 Å². The van der Waals surface area contributed by atoms with Crippen LogP contribution in [0.3, 0.4) is 0 Å². The first-order valence-electron chi connectivity index (χ1n) is 4.82. The van der Waals surface area contributed by atoms with Gasteiger partial charge in [0.2, 0.25) is 5.91 Å². The number of benzene rings is 1. The van der Waals surface area contributed by atoms with E-state index in [1.807, 2.05) is 0 Å². The Kier molecular flexibility index (Phi) is 4.69. The zero-order valence-electron chi connectivity index (χ0n) is 9.28. The van der Waals surface area contributed by atoms with Gasteiger partial charge in [-0.15, -0.1) is 11.7 Å². The monoisotopic (exact) mass is 269 g/mol. The van der Waals surface area contributed by atoms with Crippen LogP contribution < -0.4 is 5.32 Å². The quantitative estimate of drug-likeness (QED) is 0.484. The molecule has 0 saturated carbocycles. The number of nitrogens with zero attached hydrogens (tertiary/aromatic N) is 2. The van der Waals surface area contributed by atoms with Gasteiger partial charge in [-0.05, 0) is 28.8 Å². The molecule has 0 bridgehead atoms. The van der Waals surface area contributed by atoms with Crippen LogP contribution in [0.4, 0.5) is 11.4 Å². The molecule has 0 fully saturated rings. The summed E-state index contributed by atoms with van der Waals surface area (Å²) in [6.07, 6.45) is 1.67. The molecule has 0 aromatic heterocycles. The SMILES string of the molecule is C=CCC(=O)Nc1ccc(N=NS(=O)(=O)O)cc1. The summed E-state index contributed by atoms with van der Waals surface area (Å²) in [6.45, 7) is 3.43. The number of amides is 1. The maximum atomic E-state index is 11.2. The highest BCUT2D eigenvalue weighted by atomic mass is 32.2. The lowest BCUT2D eigenvalue weighted by Crippen LogP contribution is -2.09. The molecule has 0 aliphatic rings. The molecular formula is C10H11N3O4S. The summed E-state index contributed by atoms with van der Waals surface area (Å²) in [5.74, 6) is -0.211. The van der Waals surface area contributed by atoms with Gasteiger partial charge in [-0.2, -0.15) is 8.42 Å². The lowest BCUT2D eigenvalue weighted by Gasteiger charge is -2.02. The van der Waals surface area contributed by atoms with Gasteiger partial charge in [-0.3, -0.25) is 9.35 Å². The Hall–Kier alpha value is -2.06. The fourth-order valence-electron chi connectivity index (χ4n) is 1.05. The van der Waals surface area contributed by atoms with Crippen molar-refractivity contribution in [2.45, 2.75) is 6.42 Å². The second-order valence-electron chi connectivity index (χ2n) is 3.22. The van der Waals surface area contributed by atoms with E-state index in [9.17, 15) is 13.2 Å². The molecule has 0 heterocycles. The van der Waals surface area contributed by atoms with Crippen molar-refractivity contribution in [2.24, 2.45) is 9.63 Å². The molecule has 0 radical (unpaired) electrons. The standard InChI is InChI=1S/C10H11N3O4S/c1-2-3-10(14)11-8-4-6-9(7-5-8)12-13-18(15,16)17/h2,4-7H,1,3H2,(H,11,14)(H,15,16,17). The van der Waals surface area contributed by atoms with E-state index in [0.29, 0.717) is 5.69 Å². The molecule has 1 rings (SSSR count). The van der Waals surface area contributed by atoms with Crippen LogP contribution in [0.15, 0.2) is 46.6 Å². The summed E-state index contributed by atoms with van der Waals surface area (Å²) in [5.41, 5.74) is 0.766. The lowest BCUT2D eigenvalue weighted by atomic mass is 10.3. The second kappa shape index (κ2) is 6.03. The van der Waals surface area contributed by atoms with E-state index in [0.717, 1.165) is 0 Å². The van der Waals surface area contributed by atoms with Crippen molar-refractivity contribution in [3.8, 4) is 0 Å². The van der Waals surface area contributed by atoms with Crippen LogP contribution in [0.5, 0.6) is 0 Å². The van der Waals surface area contributed by atoms with Crippen LogP contribution in [0.1, 0.15) is 6.42 Å². The predicted molar refractivity (Wildman–Crippen MR) is 66.0 cm³/mol. The fourth-order valence-corrected chi connectivity index (χ4v) is 1.25. The van der Waals surface area contributed by atoms with Gasteiger partial charge in [0.25, 0.3) is 0 Å². The van der Waals surface area contributed by atoms with Gasteiger partial charge in [0.15, 0.2) is 0 Å². The van der Waals surface area contributed by atoms with Crippen molar-refractivity contribution in [1.82, 2.24) is 0 Å². The molecule has 0 aliphatic carbocycles. The number of nitrogens with one attached hydrogen (secondary N) is 1. The highest BCUT2D eigenvalue weighted by Crippen LogP contribution is 2.17. The zero-order chi connectivity index (χ0) is 13.6. The van der Waals surface area contributed by atoms with Crippen molar-refractivity contribution < 1.29 is 17.8 Å². The van der Waals surface area contributed by atoms with Gasteiger partial charge in [-0.25, -0.2) is 0 Å². The van der Waals surface area contributed by atoms with Gasteiger partial charge in [0.1, 0.15) is 0 Å². The van der Waals surface area contributed by atoms with Gasteiger partial charge in [-0.1, -0.05) is 6.08 Å². The molecule has 0 spiro atoms. The van der Waals surface area contributed by atoms with Gasteiger partial charge in [0.05, 0.1) is 5.69 Å². The number of hydrogen-bond acceptors (Lipinski definition) is 4. The molecule has 1 amide bonds. The van der Waals surface area contributed by atoms with E-state index in [1.165, 1.54) is 30.3 Å². The highest BCUT2D eigenvalue weighted by molar-refractivity contribution is 7.84. The topological polar surface area (TPSA) is 108 Å². The molecule has 2 N–H and O–H groups in total. The Balaban J connectivity index is 2.71. The maximum Gasteiger partial charge on any atom is 0.396 e. The number of carbonyl (C=O) groups excluding carboxylic acids is 1. The van der Waals surface area contributed by atoms with Crippen LogP contribution >= 0.6 is 0 Å². The molecule has 1 aromatic rings. The Morgan fingerprint density at radius 3 is 2.50 bits per heavy atom. The summed E-state index contributed by atoms with van der Waals surface area (Å²) in [6, 6.07) is 5.94.